The number of hydrogen-bond acceptors (Lipinski definition) is 5. The van der Waals surface area contributed by atoms with Gasteiger partial charge in [0.15, 0.2) is 0 Å². The summed E-state index contributed by atoms with van der Waals surface area (Å²) in [5, 5.41) is 2.56. The maximum Gasteiger partial charge on any atom is 0.307 e. The molecule has 7 nitrogen and oxygen atoms in total. The van der Waals surface area contributed by atoms with Crippen molar-refractivity contribution in [1.82, 2.24) is 4.72 Å². The number of rotatable bonds is 8. The first kappa shape index (κ1) is 20.6. The lowest BCUT2D eigenvalue weighted by atomic mass is 10.1. The highest BCUT2D eigenvalue weighted by Gasteiger charge is 2.14. The second-order valence-electron chi connectivity index (χ2n) is 5.94. The quantitative estimate of drug-likeness (QED) is 0.674. The predicted molar refractivity (Wildman–Crippen MR) is 102 cm³/mol. The molecule has 0 aromatic heterocycles. The molecule has 1 amide bonds. The van der Waals surface area contributed by atoms with Crippen LogP contribution in [0.1, 0.15) is 24.5 Å². The highest BCUT2D eigenvalue weighted by atomic mass is 32.2. The van der Waals surface area contributed by atoms with Gasteiger partial charge in [-0.3, -0.25) is 9.59 Å². The van der Waals surface area contributed by atoms with Gasteiger partial charge < -0.3 is 10.1 Å². The Morgan fingerprint density at radius 2 is 1.70 bits per heavy atom. The van der Waals surface area contributed by atoms with Crippen LogP contribution in [-0.2, 0) is 31.0 Å². The number of benzene rings is 2. The van der Waals surface area contributed by atoms with Crippen molar-refractivity contribution in [3.8, 4) is 0 Å². The largest absolute Gasteiger partial charge is 0.461 e. The van der Waals surface area contributed by atoms with Crippen molar-refractivity contribution in [3.05, 3.63) is 59.7 Å². The SMILES string of the molecule is CC(=O)Nc1ccc(S(=O)(=O)NCCC(=O)OCc2ccccc2C)cc1. The summed E-state index contributed by atoms with van der Waals surface area (Å²) in [4.78, 5) is 22.8. The number of amides is 1. The van der Waals surface area contributed by atoms with E-state index in [4.69, 9.17) is 4.74 Å². The van der Waals surface area contributed by atoms with Gasteiger partial charge in [0, 0.05) is 19.2 Å². The minimum Gasteiger partial charge on any atom is -0.461 e. The number of esters is 1. The summed E-state index contributed by atoms with van der Waals surface area (Å²) >= 11 is 0. The van der Waals surface area contributed by atoms with Gasteiger partial charge in [0.1, 0.15) is 6.61 Å². The lowest BCUT2D eigenvalue weighted by Crippen LogP contribution is -2.26. The maximum atomic E-state index is 12.2. The van der Waals surface area contributed by atoms with E-state index in [1.54, 1.807) is 0 Å². The molecule has 144 valence electrons. The highest BCUT2D eigenvalue weighted by Crippen LogP contribution is 2.14. The smallest absolute Gasteiger partial charge is 0.307 e. The summed E-state index contributed by atoms with van der Waals surface area (Å²) in [5.74, 6) is -0.727. The molecule has 0 aliphatic heterocycles. The monoisotopic (exact) mass is 390 g/mol. The van der Waals surface area contributed by atoms with Crippen molar-refractivity contribution in [3.63, 3.8) is 0 Å². The van der Waals surface area contributed by atoms with Crippen LogP contribution in [0.5, 0.6) is 0 Å². The van der Waals surface area contributed by atoms with Gasteiger partial charge in [0.05, 0.1) is 11.3 Å². The molecule has 0 saturated carbocycles. The van der Waals surface area contributed by atoms with Crippen LogP contribution < -0.4 is 10.0 Å². The molecule has 2 aromatic carbocycles. The van der Waals surface area contributed by atoms with E-state index in [0.717, 1.165) is 11.1 Å². The fourth-order valence-corrected chi connectivity index (χ4v) is 3.33. The average Bonchev–Trinajstić information content (AvgIpc) is 2.61. The van der Waals surface area contributed by atoms with Gasteiger partial charge in [0.25, 0.3) is 0 Å². The number of sulfonamides is 1. The molecule has 0 aliphatic carbocycles. The molecular weight excluding hydrogens is 368 g/mol. The van der Waals surface area contributed by atoms with Gasteiger partial charge in [0.2, 0.25) is 15.9 Å². The number of carbonyl (C=O) groups is 2. The van der Waals surface area contributed by atoms with Gasteiger partial charge in [-0.25, -0.2) is 13.1 Å². The lowest BCUT2D eigenvalue weighted by Gasteiger charge is -2.09. The van der Waals surface area contributed by atoms with Crippen molar-refractivity contribution < 1.29 is 22.7 Å². The van der Waals surface area contributed by atoms with E-state index in [-0.39, 0.29) is 30.4 Å². The summed E-state index contributed by atoms with van der Waals surface area (Å²) in [7, 11) is -3.75. The molecule has 2 N–H and O–H groups in total. The second-order valence-corrected chi connectivity index (χ2v) is 7.71. The van der Waals surface area contributed by atoms with Crippen LogP contribution in [0.3, 0.4) is 0 Å². The van der Waals surface area contributed by atoms with Crippen LogP contribution in [0.15, 0.2) is 53.4 Å². The van der Waals surface area contributed by atoms with Gasteiger partial charge >= 0.3 is 5.97 Å². The van der Waals surface area contributed by atoms with E-state index in [0.29, 0.717) is 5.69 Å². The van der Waals surface area contributed by atoms with Crippen LogP contribution in [0.4, 0.5) is 5.69 Å². The van der Waals surface area contributed by atoms with E-state index in [9.17, 15) is 18.0 Å². The number of nitrogens with one attached hydrogen (secondary N) is 2. The number of ether oxygens (including phenoxy) is 1. The van der Waals surface area contributed by atoms with Crippen molar-refractivity contribution >= 4 is 27.6 Å². The fraction of sp³-hybridized carbons (Fsp3) is 0.263. The summed E-state index contributed by atoms with van der Waals surface area (Å²) in [6.07, 6.45) is -0.0743. The van der Waals surface area contributed by atoms with Gasteiger partial charge in [-0.1, -0.05) is 24.3 Å². The van der Waals surface area contributed by atoms with Crippen LogP contribution in [0.2, 0.25) is 0 Å². The summed E-state index contributed by atoms with van der Waals surface area (Å²) in [5.41, 5.74) is 2.43. The van der Waals surface area contributed by atoms with Crippen molar-refractivity contribution in [2.75, 3.05) is 11.9 Å². The standard InChI is InChI=1S/C19H22N2O5S/c1-14-5-3-4-6-16(14)13-26-19(23)11-12-20-27(24,25)18-9-7-17(8-10-18)21-15(2)22/h3-10,20H,11-13H2,1-2H3,(H,21,22). The van der Waals surface area contributed by atoms with E-state index in [1.165, 1.54) is 31.2 Å². The zero-order valence-corrected chi connectivity index (χ0v) is 16.0. The third-order valence-electron chi connectivity index (χ3n) is 3.76. The molecule has 0 atom stereocenters. The van der Waals surface area contributed by atoms with Gasteiger partial charge in [-0.2, -0.15) is 0 Å². The highest BCUT2D eigenvalue weighted by molar-refractivity contribution is 7.89. The normalized spacial score (nSPS) is 11.0. The number of hydrogen-bond donors (Lipinski definition) is 2. The Labute approximate surface area is 158 Å². The Morgan fingerprint density at radius 3 is 2.33 bits per heavy atom. The van der Waals surface area contributed by atoms with Crippen LogP contribution in [0.25, 0.3) is 0 Å². The molecule has 0 fully saturated rings. The fourth-order valence-electron chi connectivity index (χ4n) is 2.29. The van der Waals surface area contributed by atoms with Crippen molar-refractivity contribution in [2.45, 2.75) is 31.8 Å². The van der Waals surface area contributed by atoms with Crippen molar-refractivity contribution in [2.24, 2.45) is 0 Å². The first-order valence-corrected chi connectivity index (χ1v) is 9.84. The Morgan fingerprint density at radius 1 is 1.04 bits per heavy atom. The third-order valence-corrected chi connectivity index (χ3v) is 5.23. The topological polar surface area (TPSA) is 102 Å². The number of aryl methyl sites for hydroxylation is 1. The van der Waals surface area contributed by atoms with Crippen LogP contribution in [0, 0.1) is 6.92 Å². The lowest BCUT2D eigenvalue weighted by molar-refractivity contribution is -0.144. The minimum atomic E-state index is -3.75. The summed E-state index contributed by atoms with van der Waals surface area (Å²) in [6.45, 7) is 3.38. The minimum absolute atomic E-state index is 0.0462. The van der Waals surface area contributed by atoms with E-state index in [1.807, 2.05) is 31.2 Å². The van der Waals surface area contributed by atoms with Crippen LogP contribution >= 0.6 is 0 Å². The maximum absolute atomic E-state index is 12.2. The molecule has 0 unspecified atom stereocenters. The second kappa shape index (κ2) is 9.29. The molecular formula is C19H22N2O5S. The Balaban J connectivity index is 1.81. The zero-order valence-electron chi connectivity index (χ0n) is 15.2. The van der Waals surface area contributed by atoms with Gasteiger partial charge in [-0.15, -0.1) is 0 Å². The van der Waals surface area contributed by atoms with E-state index < -0.39 is 16.0 Å². The average molecular weight is 390 g/mol. The number of carbonyl (C=O) groups excluding carboxylic acids is 2. The molecule has 0 radical (unpaired) electrons. The summed E-state index contributed by atoms with van der Waals surface area (Å²) in [6, 6.07) is 13.3. The first-order valence-electron chi connectivity index (χ1n) is 8.35. The molecule has 0 bridgehead atoms. The molecule has 2 aromatic rings. The number of anilines is 1. The Hall–Kier alpha value is -2.71. The summed E-state index contributed by atoms with van der Waals surface area (Å²) < 4.78 is 32.0. The zero-order chi connectivity index (χ0) is 19.9. The Kier molecular flexibility index (Phi) is 7.09. The molecule has 8 heteroatoms. The first-order chi connectivity index (χ1) is 12.8. The predicted octanol–water partition coefficient (Wildman–Crippen LogP) is 2.37. The van der Waals surface area contributed by atoms with Crippen LogP contribution in [-0.4, -0.2) is 26.8 Å². The molecule has 2 rings (SSSR count). The Bertz CT molecular complexity index is 908. The van der Waals surface area contributed by atoms with Crippen molar-refractivity contribution in [1.29, 1.82) is 0 Å². The van der Waals surface area contributed by atoms with Gasteiger partial charge in [-0.05, 0) is 42.3 Å². The molecule has 27 heavy (non-hydrogen) atoms. The molecule has 0 spiro atoms. The van der Waals surface area contributed by atoms with E-state index >= 15 is 0 Å². The molecule has 0 heterocycles. The third kappa shape index (κ3) is 6.50. The molecule has 0 saturated heterocycles. The van der Waals surface area contributed by atoms with E-state index in [2.05, 4.69) is 10.0 Å². The molecule has 0 aliphatic rings.